The normalized spacial score (nSPS) is 11.2. The Hall–Kier alpha value is -1.08. The molecule has 1 aromatic rings. The van der Waals surface area contributed by atoms with E-state index in [9.17, 15) is 0 Å². The maximum Gasteiger partial charge on any atom is 0.155 e. The molecule has 0 spiro atoms. The Kier molecular flexibility index (Phi) is 2.07. The van der Waals surface area contributed by atoms with Crippen LogP contribution < -0.4 is 5.73 Å². The van der Waals surface area contributed by atoms with Gasteiger partial charge in [0.15, 0.2) is 5.82 Å². The van der Waals surface area contributed by atoms with Gasteiger partial charge in [-0.3, -0.25) is 0 Å². The van der Waals surface area contributed by atoms with Gasteiger partial charge >= 0.3 is 0 Å². The molecule has 0 unspecified atom stereocenters. The number of hydrogen-bond acceptors (Lipinski definition) is 4. The second-order valence-electron chi connectivity index (χ2n) is 3.63. The minimum absolute atomic E-state index is 0.0413. The van der Waals surface area contributed by atoms with Crippen LogP contribution in [0, 0.1) is 11.3 Å². The van der Waals surface area contributed by atoms with Crippen LogP contribution in [0.1, 0.15) is 31.2 Å². The second kappa shape index (κ2) is 2.76. The van der Waals surface area contributed by atoms with Gasteiger partial charge in [-0.15, -0.1) is 0 Å². The molecule has 4 heteroatoms. The molecule has 0 saturated carbocycles. The molecule has 0 aliphatic rings. The monoisotopic (exact) mass is 181 g/mol. The number of nitriles is 1. The maximum absolute atomic E-state index is 8.79. The van der Waals surface area contributed by atoms with Crippen LogP contribution in [0.4, 0.5) is 5.82 Å². The summed E-state index contributed by atoms with van der Waals surface area (Å²) in [6, 6.07) is 2.07. The molecule has 1 aromatic heterocycles. The first-order valence-electron chi connectivity index (χ1n) is 3.62. The van der Waals surface area contributed by atoms with Crippen molar-refractivity contribution in [3.63, 3.8) is 0 Å². The fraction of sp³-hybridized carbons (Fsp3) is 0.500. The van der Waals surface area contributed by atoms with Crippen molar-refractivity contribution in [1.82, 2.24) is 4.37 Å². The van der Waals surface area contributed by atoms with Gasteiger partial charge in [-0.1, -0.05) is 20.8 Å². The summed E-state index contributed by atoms with van der Waals surface area (Å²) in [7, 11) is 0. The fourth-order valence-electron chi connectivity index (χ4n) is 0.922. The molecule has 64 valence electrons. The van der Waals surface area contributed by atoms with Crippen molar-refractivity contribution in [3.8, 4) is 6.07 Å². The Morgan fingerprint density at radius 2 is 2.08 bits per heavy atom. The van der Waals surface area contributed by atoms with E-state index in [1.54, 1.807) is 0 Å². The molecule has 0 aromatic carbocycles. The molecule has 0 saturated heterocycles. The van der Waals surface area contributed by atoms with Crippen molar-refractivity contribution >= 4 is 17.4 Å². The van der Waals surface area contributed by atoms with Gasteiger partial charge in [0.25, 0.3) is 0 Å². The number of aromatic nitrogens is 1. The molecule has 12 heavy (non-hydrogen) atoms. The van der Waals surface area contributed by atoms with E-state index < -0.39 is 0 Å². The number of anilines is 1. The minimum Gasteiger partial charge on any atom is -0.382 e. The molecule has 0 amide bonds. The van der Waals surface area contributed by atoms with Gasteiger partial charge in [-0.05, 0) is 16.9 Å². The molecule has 0 fully saturated rings. The van der Waals surface area contributed by atoms with Crippen molar-refractivity contribution in [2.75, 3.05) is 5.73 Å². The van der Waals surface area contributed by atoms with E-state index in [0.29, 0.717) is 11.4 Å². The van der Waals surface area contributed by atoms with Gasteiger partial charge < -0.3 is 5.73 Å². The second-order valence-corrected chi connectivity index (χ2v) is 4.41. The molecule has 3 nitrogen and oxygen atoms in total. The highest BCUT2D eigenvalue weighted by Crippen LogP contribution is 2.31. The van der Waals surface area contributed by atoms with Gasteiger partial charge in [0.05, 0.1) is 4.88 Å². The quantitative estimate of drug-likeness (QED) is 0.664. The van der Waals surface area contributed by atoms with Crippen molar-refractivity contribution in [3.05, 3.63) is 10.4 Å². The van der Waals surface area contributed by atoms with Crippen LogP contribution in [0.15, 0.2) is 0 Å². The van der Waals surface area contributed by atoms with Crippen molar-refractivity contribution in [1.29, 1.82) is 5.26 Å². The van der Waals surface area contributed by atoms with Crippen LogP contribution in [0.5, 0.6) is 0 Å². The van der Waals surface area contributed by atoms with Crippen LogP contribution in [0.25, 0.3) is 0 Å². The van der Waals surface area contributed by atoms with Crippen molar-refractivity contribution in [2.24, 2.45) is 0 Å². The SMILES string of the molecule is CC(C)(C)c1snc(N)c1C#N. The third-order valence-electron chi connectivity index (χ3n) is 1.51. The fourth-order valence-corrected chi connectivity index (χ4v) is 1.72. The van der Waals surface area contributed by atoms with Gasteiger partial charge in [-0.2, -0.15) is 9.64 Å². The van der Waals surface area contributed by atoms with Gasteiger partial charge in [0.2, 0.25) is 0 Å². The number of nitrogen functional groups attached to an aromatic ring is 1. The Morgan fingerprint density at radius 1 is 1.50 bits per heavy atom. The lowest BCUT2D eigenvalue weighted by Gasteiger charge is -2.15. The van der Waals surface area contributed by atoms with E-state index in [4.69, 9.17) is 11.0 Å². The first-order chi connectivity index (χ1) is 5.46. The Morgan fingerprint density at radius 3 is 2.42 bits per heavy atom. The predicted molar refractivity (Wildman–Crippen MR) is 49.9 cm³/mol. The largest absolute Gasteiger partial charge is 0.382 e. The van der Waals surface area contributed by atoms with Crippen LogP contribution in [0.2, 0.25) is 0 Å². The van der Waals surface area contributed by atoms with E-state index in [1.165, 1.54) is 11.5 Å². The Balaban J connectivity index is 3.28. The van der Waals surface area contributed by atoms with E-state index in [0.717, 1.165) is 4.88 Å². The standard InChI is InChI=1S/C8H11N3S/c1-8(2,3)6-5(4-9)7(10)11-12-6/h1-3H3,(H2,10,11). The molecule has 1 rings (SSSR count). The van der Waals surface area contributed by atoms with E-state index in [2.05, 4.69) is 10.4 Å². The maximum atomic E-state index is 8.79. The first-order valence-corrected chi connectivity index (χ1v) is 4.40. The molecule has 0 aliphatic carbocycles. The van der Waals surface area contributed by atoms with Crippen molar-refractivity contribution in [2.45, 2.75) is 26.2 Å². The topological polar surface area (TPSA) is 62.7 Å². The lowest BCUT2D eigenvalue weighted by molar-refractivity contribution is 0.602. The molecule has 0 radical (unpaired) electrons. The smallest absolute Gasteiger partial charge is 0.155 e. The van der Waals surface area contributed by atoms with E-state index in [-0.39, 0.29) is 5.41 Å². The number of nitrogens with two attached hydrogens (primary N) is 1. The van der Waals surface area contributed by atoms with Crippen molar-refractivity contribution < 1.29 is 0 Å². The average Bonchev–Trinajstić information content (AvgIpc) is 2.29. The summed E-state index contributed by atoms with van der Waals surface area (Å²) in [4.78, 5) is 0.961. The van der Waals surface area contributed by atoms with Gasteiger partial charge in [-0.25, -0.2) is 0 Å². The highest BCUT2D eigenvalue weighted by atomic mass is 32.1. The summed E-state index contributed by atoms with van der Waals surface area (Å²) in [5.41, 5.74) is 6.02. The highest BCUT2D eigenvalue weighted by Gasteiger charge is 2.22. The molecule has 1 heterocycles. The lowest BCUT2D eigenvalue weighted by atomic mass is 9.92. The van der Waals surface area contributed by atoms with E-state index in [1.807, 2.05) is 20.8 Å². The molecule has 0 bridgehead atoms. The highest BCUT2D eigenvalue weighted by molar-refractivity contribution is 7.06. The van der Waals surface area contributed by atoms with Crippen LogP contribution >= 0.6 is 11.5 Å². The molecular formula is C8H11N3S. The summed E-state index contributed by atoms with van der Waals surface area (Å²) in [5, 5.41) is 8.79. The van der Waals surface area contributed by atoms with Gasteiger partial charge in [0.1, 0.15) is 11.6 Å². The van der Waals surface area contributed by atoms with E-state index >= 15 is 0 Å². The summed E-state index contributed by atoms with van der Waals surface area (Å²) in [5.74, 6) is 0.354. The summed E-state index contributed by atoms with van der Waals surface area (Å²) < 4.78 is 3.95. The van der Waals surface area contributed by atoms with Gasteiger partial charge in [0, 0.05) is 0 Å². The molecule has 2 N–H and O–H groups in total. The summed E-state index contributed by atoms with van der Waals surface area (Å²) >= 11 is 1.31. The Labute approximate surface area is 76.0 Å². The first kappa shape index (κ1) is 9.01. The number of rotatable bonds is 0. The summed E-state index contributed by atoms with van der Waals surface area (Å²) in [6.45, 7) is 6.13. The van der Waals surface area contributed by atoms with Crippen LogP contribution in [-0.4, -0.2) is 4.37 Å². The lowest BCUT2D eigenvalue weighted by Crippen LogP contribution is -2.10. The molecule has 0 aliphatic heterocycles. The third kappa shape index (κ3) is 1.41. The molecular weight excluding hydrogens is 170 g/mol. The Bertz CT molecular complexity index is 327. The number of hydrogen-bond donors (Lipinski definition) is 1. The summed E-state index contributed by atoms with van der Waals surface area (Å²) in [6.07, 6.45) is 0. The minimum atomic E-state index is -0.0413. The number of nitrogens with zero attached hydrogens (tertiary/aromatic N) is 2. The van der Waals surface area contributed by atoms with Crippen LogP contribution in [0.3, 0.4) is 0 Å². The third-order valence-corrected chi connectivity index (χ3v) is 2.80. The van der Waals surface area contributed by atoms with Crippen LogP contribution in [-0.2, 0) is 5.41 Å². The zero-order valence-corrected chi connectivity index (χ0v) is 8.20. The zero-order chi connectivity index (χ0) is 9.35. The average molecular weight is 181 g/mol. The molecule has 0 atom stereocenters. The predicted octanol–water partition coefficient (Wildman–Crippen LogP) is 1.89. The zero-order valence-electron chi connectivity index (χ0n) is 7.38.